The Bertz CT molecular complexity index is 414. The Morgan fingerprint density at radius 1 is 1.35 bits per heavy atom. The molecule has 0 aliphatic carbocycles. The van der Waals surface area contributed by atoms with Crippen molar-refractivity contribution in [1.82, 2.24) is 19.9 Å². The minimum Gasteiger partial charge on any atom is -0.347 e. The van der Waals surface area contributed by atoms with Crippen molar-refractivity contribution in [2.45, 2.75) is 46.6 Å². The van der Waals surface area contributed by atoms with Crippen LogP contribution < -0.4 is 0 Å². The Balaban J connectivity index is 2.68. The SMILES string of the molecule is CCOC(OCC)c1cn(CC(=O)N(C)C(C)C)nn1. The summed E-state index contributed by atoms with van der Waals surface area (Å²) in [5.41, 5.74) is 0.578. The van der Waals surface area contributed by atoms with Crippen LogP contribution in [0.15, 0.2) is 6.20 Å². The van der Waals surface area contributed by atoms with Gasteiger partial charge < -0.3 is 14.4 Å². The van der Waals surface area contributed by atoms with Crippen molar-refractivity contribution in [2.75, 3.05) is 20.3 Å². The van der Waals surface area contributed by atoms with E-state index in [9.17, 15) is 4.79 Å². The van der Waals surface area contributed by atoms with Gasteiger partial charge in [0.15, 0.2) is 0 Å². The zero-order chi connectivity index (χ0) is 15.1. The van der Waals surface area contributed by atoms with E-state index in [0.717, 1.165) is 0 Å². The Morgan fingerprint density at radius 3 is 2.45 bits per heavy atom. The van der Waals surface area contributed by atoms with E-state index in [1.807, 2.05) is 27.7 Å². The first kappa shape index (κ1) is 16.6. The second-order valence-electron chi connectivity index (χ2n) is 4.68. The summed E-state index contributed by atoms with van der Waals surface area (Å²) in [5, 5.41) is 7.95. The maximum absolute atomic E-state index is 12.0. The van der Waals surface area contributed by atoms with Crippen LogP contribution in [0.2, 0.25) is 0 Å². The molecule has 1 heterocycles. The molecule has 7 nitrogen and oxygen atoms in total. The highest BCUT2D eigenvalue weighted by Crippen LogP contribution is 2.15. The number of ether oxygens (including phenoxy) is 2. The fourth-order valence-corrected chi connectivity index (χ4v) is 1.56. The van der Waals surface area contributed by atoms with Crippen LogP contribution in [-0.2, 0) is 20.8 Å². The Hall–Kier alpha value is -1.47. The predicted octanol–water partition coefficient (Wildman–Crippen LogP) is 1.22. The number of amides is 1. The van der Waals surface area contributed by atoms with Gasteiger partial charge in [0.1, 0.15) is 12.2 Å². The molecule has 0 radical (unpaired) electrons. The summed E-state index contributed by atoms with van der Waals surface area (Å²) in [5.74, 6) is -0.0131. The van der Waals surface area contributed by atoms with E-state index in [-0.39, 0.29) is 18.5 Å². The number of rotatable bonds is 8. The lowest BCUT2D eigenvalue weighted by molar-refractivity contribution is -0.142. The molecule has 0 N–H and O–H groups in total. The molecule has 0 bridgehead atoms. The van der Waals surface area contributed by atoms with Gasteiger partial charge in [0, 0.05) is 26.3 Å². The van der Waals surface area contributed by atoms with Gasteiger partial charge in [0.25, 0.3) is 0 Å². The summed E-state index contributed by atoms with van der Waals surface area (Å²) in [6, 6.07) is 0.157. The van der Waals surface area contributed by atoms with Crippen LogP contribution in [0.1, 0.15) is 39.7 Å². The number of nitrogens with zero attached hydrogens (tertiary/aromatic N) is 4. The maximum Gasteiger partial charge on any atom is 0.244 e. The molecule has 1 aromatic rings. The number of hydrogen-bond acceptors (Lipinski definition) is 5. The lowest BCUT2D eigenvalue weighted by Gasteiger charge is -2.21. The van der Waals surface area contributed by atoms with Gasteiger partial charge in [-0.05, 0) is 27.7 Å². The van der Waals surface area contributed by atoms with Gasteiger partial charge in [-0.15, -0.1) is 5.10 Å². The molecule has 20 heavy (non-hydrogen) atoms. The molecule has 1 rings (SSSR count). The summed E-state index contributed by atoms with van der Waals surface area (Å²) < 4.78 is 12.4. The van der Waals surface area contributed by atoms with Gasteiger partial charge in [0.2, 0.25) is 12.2 Å². The largest absolute Gasteiger partial charge is 0.347 e. The predicted molar refractivity (Wildman–Crippen MR) is 73.9 cm³/mol. The molecule has 114 valence electrons. The second-order valence-corrected chi connectivity index (χ2v) is 4.68. The molecule has 0 aliphatic rings. The normalized spacial score (nSPS) is 11.3. The van der Waals surface area contributed by atoms with Crippen molar-refractivity contribution in [3.63, 3.8) is 0 Å². The van der Waals surface area contributed by atoms with Crippen LogP contribution in [0, 0.1) is 0 Å². The van der Waals surface area contributed by atoms with Crippen LogP contribution >= 0.6 is 0 Å². The van der Waals surface area contributed by atoms with Crippen molar-refractivity contribution in [2.24, 2.45) is 0 Å². The quantitative estimate of drug-likeness (QED) is 0.671. The minimum atomic E-state index is -0.531. The molecule has 0 saturated heterocycles. The van der Waals surface area contributed by atoms with Crippen molar-refractivity contribution < 1.29 is 14.3 Å². The van der Waals surface area contributed by atoms with Crippen LogP contribution in [0.4, 0.5) is 0 Å². The maximum atomic E-state index is 12.0. The van der Waals surface area contributed by atoms with E-state index >= 15 is 0 Å². The van der Waals surface area contributed by atoms with E-state index in [1.165, 1.54) is 4.68 Å². The fourth-order valence-electron chi connectivity index (χ4n) is 1.56. The Morgan fingerprint density at radius 2 is 1.95 bits per heavy atom. The first-order valence-corrected chi connectivity index (χ1v) is 6.88. The number of likely N-dealkylation sites (N-methyl/N-ethyl adjacent to an activating group) is 1. The molecule has 0 spiro atoms. The number of carbonyl (C=O) groups is 1. The van der Waals surface area contributed by atoms with E-state index in [4.69, 9.17) is 9.47 Å². The van der Waals surface area contributed by atoms with Gasteiger partial charge >= 0.3 is 0 Å². The molecule has 0 fully saturated rings. The molecule has 0 aromatic carbocycles. The summed E-state index contributed by atoms with van der Waals surface area (Å²) >= 11 is 0. The van der Waals surface area contributed by atoms with E-state index in [1.54, 1.807) is 18.1 Å². The second kappa shape index (κ2) is 7.96. The molecule has 0 aliphatic heterocycles. The standard InChI is InChI=1S/C13H24N4O3/c1-6-19-13(20-7-2)11-8-17(15-14-11)9-12(18)16(5)10(3)4/h8,10,13H,6-7,9H2,1-5H3. The van der Waals surface area contributed by atoms with Gasteiger partial charge in [-0.3, -0.25) is 4.79 Å². The monoisotopic (exact) mass is 284 g/mol. The van der Waals surface area contributed by atoms with Crippen molar-refractivity contribution in [3.05, 3.63) is 11.9 Å². The third kappa shape index (κ3) is 4.57. The third-order valence-electron chi connectivity index (χ3n) is 2.90. The molecule has 1 amide bonds. The highest BCUT2D eigenvalue weighted by atomic mass is 16.7. The topological polar surface area (TPSA) is 69.5 Å². The van der Waals surface area contributed by atoms with Gasteiger partial charge in [0.05, 0.1) is 6.20 Å². The summed E-state index contributed by atoms with van der Waals surface area (Å²) in [7, 11) is 1.77. The fraction of sp³-hybridized carbons (Fsp3) is 0.769. The van der Waals surface area contributed by atoms with Gasteiger partial charge in [-0.2, -0.15) is 0 Å². The summed E-state index contributed by atoms with van der Waals surface area (Å²) in [4.78, 5) is 13.6. The molecule has 0 unspecified atom stereocenters. The van der Waals surface area contributed by atoms with Crippen LogP contribution in [0.3, 0.4) is 0 Å². The van der Waals surface area contributed by atoms with Crippen LogP contribution in [-0.4, -0.2) is 52.1 Å². The zero-order valence-electron chi connectivity index (χ0n) is 12.9. The lowest BCUT2D eigenvalue weighted by atomic mass is 10.3. The Kier molecular flexibility index (Phi) is 6.60. The van der Waals surface area contributed by atoms with Gasteiger partial charge in [-0.1, -0.05) is 5.21 Å². The average molecular weight is 284 g/mol. The zero-order valence-corrected chi connectivity index (χ0v) is 12.9. The van der Waals surface area contributed by atoms with Crippen molar-refractivity contribution in [3.8, 4) is 0 Å². The number of carbonyl (C=O) groups excluding carboxylic acids is 1. The Labute approximate surface area is 119 Å². The summed E-state index contributed by atoms with van der Waals surface area (Å²) in [6.07, 6.45) is 1.15. The molecule has 7 heteroatoms. The minimum absolute atomic E-state index is 0.0131. The first-order chi connectivity index (χ1) is 9.49. The molecular formula is C13H24N4O3. The first-order valence-electron chi connectivity index (χ1n) is 6.88. The molecular weight excluding hydrogens is 260 g/mol. The third-order valence-corrected chi connectivity index (χ3v) is 2.90. The van der Waals surface area contributed by atoms with E-state index in [2.05, 4.69) is 10.3 Å². The highest BCUT2D eigenvalue weighted by molar-refractivity contribution is 5.75. The van der Waals surface area contributed by atoms with E-state index < -0.39 is 6.29 Å². The lowest BCUT2D eigenvalue weighted by Crippen LogP contribution is -2.35. The number of aromatic nitrogens is 3. The van der Waals surface area contributed by atoms with Crippen molar-refractivity contribution in [1.29, 1.82) is 0 Å². The number of hydrogen-bond donors (Lipinski definition) is 0. The smallest absolute Gasteiger partial charge is 0.244 e. The highest BCUT2D eigenvalue weighted by Gasteiger charge is 2.18. The summed E-state index contributed by atoms with van der Waals surface area (Å²) in [6.45, 7) is 8.90. The van der Waals surface area contributed by atoms with Gasteiger partial charge in [-0.25, -0.2) is 4.68 Å². The molecule has 0 saturated carbocycles. The van der Waals surface area contributed by atoms with Crippen LogP contribution in [0.5, 0.6) is 0 Å². The van der Waals surface area contributed by atoms with E-state index in [0.29, 0.717) is 18.9 Å². The average Bonchev–Trinajstić information content (AvgIpc) is 2.85. The molecule has 0 atom stereocenters. The van der Waals surface area contributed by atoms with Crippen molar-refractivity contribution >= 4 is 5.91 Å². The van der Waals surface area contributed by atoms with Crippen LogP contribution in [0.25, 0.3) is 0 Å². The molecule has 1 aromatic heterocycles.